The molecule has 0 aliphatic carbocycles. The summed E-state index contributed by atoms with van der Waals surface area (Å²) >= 11 is 2.70. The lowest BCUT2D eigenvalue weighted by atomic mass is 10.1. The van der Waals surface area contributed by atoms with Crippen molar-refractivity contribution >= 4 is 21.7 Å². The molecule has 0 amide bonds. The van der Waals surface area contributed by atoms with Crippen LogP contribution in [0.2, 0.25) is 0 Å². The molecule has 0 radical (unpaired) electrons. The van der Waals surface area contributed by atoms with Crippen LogP contribution >= 0.6 is 15.9 Å². The van der Waals surface area contributed by atoms with E-state index in [0.717, 1.165) is 0 Å². The van der Waals surface area contributed by atoms with Crippen LogP contribution in [0.25, 0.3) is 0 Å². The first-order chi connectivity index (χ1) is 6.99. The van der Waals surface area contributed by atoms with Gasteiger partial charge in [0.25, 0.3) is 6.43 Å². The van der Waals surface area contributed by atoms with Crippen molar-refractivity contribution in [3.63, 3.8) is 0 Å². The number of pyridine rings is 1. The fraction of sp³-hybridized carbons (Fsp3) is 0.143. The largest absolute Gasteiger partial charge is 0.379 e. The van der Waals surface area contributed by atoms with Gasteiger partial charge in [0.1, 0.15) is 10.5 Å². The third-order valence-electron chi connectivity index (χ3n) is 1.55. The minimum Gasteiger partial charge on any atom is -0.358 e. The van der Waals surface area contributed by atoms with E-state index in [9.17, 15) is 18.9 Å². The average Bonchev–Trinajstić information content (AvgIpc) is 2.16. The number of hydrogen-bond acceptors (Lipinski definition) is 4. The van der Waals surface area contributed by atoms with Gasteiger partial charge in [-0.05, 0) is 25.8 Å². The minimum atomic E-state index is -2.90. The maximum Gasteiger partial charge on any atom is 0.379 e. The summed E-state index contributed by atoms with van der Waals surface area (Å²) in [6.45, 7) is 0. The topological polar surface area (TPSA) is 79.8 Å². The Labute approximate surface area is 90.6 Å². The van der Waals surface area contributed by atoms with Crippen LogP contribution in [0.3, 0.4) is 0 Å². The van der Waals surface area contributed by atoms with Crippen molar-refractivity contribution in [2.75, 3.05) is 0 Å². The second-order valence-corrected chi connectivity index (χ2v) is 3.19. The third kappa shape index (κ3) is 2.07. The van der Waals surface area contributed by atoms with E-state index in [4.69, 9.17) is 5.26 Å². The summed E-state index contributed by atoms with van der Waals surface area (Å²) in [6.07, 6.45) is -2.27. The number of nitro groups is 1. The number of halogens is 3. The number of aromatic nitrogens is 1. The van der Waals surface area contributed by atoms with Crippen LogP contribution in [0.1, 0.15) is 17.6 Å². The van der Waals surface area contributed by atoms with Gasteiger partial charge >= 0.3 is 5.82 Å². The average molecular weight is 278 g/mol. The number of rotatable bonds is 2. The van der Waals surface area contributed by atoms with Gasteiger partial charge in [-0.25, -0.2) is 8.78 Å². The summed E-state index contributed by atoms with van der Waals surface area (Å²) in [4.78, 5) is 12.8. The second kappa shape index (κ2) is 4.27. The van der Waals surface area contributed by atoms with Crippen LogP contribution in [0, 0.1) is 21.4 Å². The molecule has 0 saturated heterocycles. The van der Waals surface area contributed by atoms with E-state index >= 15 is 0 Å². The molecule has 0 bridgehead atoms. The number of alkyl halides is 2. The summed E-state index contributed by atoms with van der Waals surface area (Å²) in [5.74, 6) is -0.657. The van der Waals surface area contributed by atoms with Gasteiger partial charge in [-0.1, -0.05) is 0 Å². The molecule has 0 N–H and O–H groups in total. The summed E-state index contributed by atoms with van der Waals surface area (Å²) in [7, 11) is 0. The second-order valence-electron chi connectivity index (χ2n) is 2.40. The number of nitriles is 1. The molecule has 5 nitrogen and oxygen atoms in total. The molecule has 0 aliphatic heterocycles. The van der Waals surface area contributed by atoms with Crippen molar-refractivity contribution in [1.82, 2.24) is 4.98 Å². The fourth-order valence-corrected chi connectivity index (χ4v) is 1.46. The third-order valence-corrected chi connectivity index (χ3v) is 2.30. The Morgan fingerprint density at radius 1 is 1.67 bits per heavy atom. The molecule has 15 heavy (non-hydrogen) atoms. The van der Waals surface area contributed by atoms with Gasteiger partial charge in [-0.2, -0.15) is 5.26 Å². The first-order valence-electron chi connectivity index (χ1n) is 3.50. The molecule has 0 saturated carbocycles. The monoisotopic (exact) mass is 277 g/mol. The van der Waals surface area contributed by atoms with E-state index in [1.54, 1.807) is 0 Å². The van der Waals surface area contributed by atoms with E-state index in [-0.39, 0.29) is 4.47 Å². The van der Waals surface area contributed by atoms with Gasteiger partial charge in [0.2, 0.25) is 0 Å². The predicted molar refractivity (Wildman–Crippen MR) is 48.3 cm³/mol. The zero-order valence-corrected chi connectivity index (χ0v) is 8.53. The molecule has 78 valence electrons. The quantitative estimate of drug-likeness (QED) is 0.615. The van der Waals surface area contributed by atoms with Crippen LogP contribution in [-0.2, 0) is 0 Å². The molecule has 0 spiro atoms. The van der Waals surface area contributed by atoms with Crippen LogP contribution in [-0.4, -0.2) is 9.91 Å². The van der Waals surface area contributed by atoms with Gasteiger partial charge in [-0.15, -0.1) is 0 Å². The predicted octanol–water partition coefficient (Wildman–Crippen LogP) is 2.56. The van der Waals surface area contributed by atoms with Crippen LogP contribution in [0.5, 0.6) is 0 Å². The number of nitrogens with zero attached hydrogens (tertiary/aromatic N) is 3. The minimum absolute atomic E-state index is 0.326. The maximum absolute atomic E-state index is 12.3. The van der Waals surface area contributed by atoms with Crippen LogP contribution < -0.4 is 0 Å². The zero-order valence-electron chi connectivity index (χ0n) is 6.95. The standard InChI is InChI=1S/C7H2BrF2N3O2/c8-5-3(1-11)4(6(9)10)2-12-7(5)13(14)15/h2,6H. The Morgan fingerprint density at radius 3 is 2.67 bits per heavy atom. The molecule has 1 rings (SSSR count). The lowest BCUT2D eigenvalue weighted by Crippen LogP contribution is -2.00. The van der Waals surface area contributed by atoms with Gasteiger partial charge < -0.3 is 10.1 Å². The van der Waals surface area contributed by atoms with Crippen molar-refractivity contribution in [3.8, 4) is 6.07 Å². The van der Waals surface area contributed by atoms with E-state index in [1.807, 2.05) is 0 Å². The molecule has 0 fully saturated rings. The Kier molecular flexibility index (Phi) is 3.26. The highest BCUT2D eigenvalue weighted by molar-refractivity contribution is 9.10. The Morgan fingerprint density at radius 2 is 2.27 bits per heavy atom. The molecule has 1 heterocycles. The lowest BCUT2D eigenvalue weighted by Gasteiger charge is -2.02. The first kappa shape index (κ1) is 11.5. The van der Waals surface area contributed by atoms with E-state index < -0.39 is 28.3 Å². The van der Waals surface area contributed by atoms with Crippen molar-refractivity contribution in [2.45, 2.75) is 6.43 Å². The van der Waals surface area contributed by atoms with Crippen molar-refractivity contribution in [1.29, 1.82) is 5.26 Å². The molecular weight excluding hydrogens is 276 g/mol. The molecule has 8 heteroatoms. The van der Waals surface area contributed by atoms with Crippen LogP contribution in [0.4, 0.5) is 14.6 Å². The zero-order chi connectivity index (χ0) is 11.6. The Bertz CT molecular complexity index is 458. The van der Waals surface area contributed by atoms with Gasteiger partial charge in [0.15, 0.2) is 6.20 Å². The van der Waals surface area contributed by atoms with E-state index in [2.05, 4.69) is 20.9 Å². The molecule has 0 unspecified atom stereocenters. The van der Waals surface area contributed by atoms with Gasteiger partial charge in [0, 0.05) is 0 Å². The van der Waals surface area contributed by atoms with Gasteiger partial charge in [-0.3, -0.25) is 0 Å². The maximum atomic E-state index is 12.3. The van der Waals surface area contributed by atoms with Crippen LogP contribution in [0.15, 0.2) is 10.7 Å². The highest BCUT2D eigenvalue weighted by Crippen LogP contribution is 2.32. The lowest BCUT2D eigenvalue weighted by molar-refractivity contribution is -0.390. The first-order valence-corrected chi connectivity index (χ1v) is 4.29. The van der Waals surface area contributed by atoms with E-state index in [0.29, 0.717) is 6.20 Å². The fourth-order valence-electron chi connectivity index (χ4n) is 0.897. The van der Waals surface area contributed by atoms with Gasteiger partial charge in [0.05, 0.1) is 11.1 Å². The summed E-state index contributed by atoms with van der Waals surface area (Å²) in [6, 6.07) is 1.47. The molecule has 0 aliphatic rings. The number of hydrogen-bond donors (Lipinski definition) is 0. The van der Waals surface area contributed by atoms with Crippen molar-refractivity contribution in [3.05, 3.63) is 31.9 Å². The molecule has 1 aromatic heterocycles. The molecular formula is C7H2BrF2N3O2. The van der Waals surface area contributed by atoms with E-state index in [1.165, 1.54) is 6.07 Å². The van der Waals surface area contributed by atoms with Crippen molar-refractivity contribution < 1.29 is 13.7 Å². The Hall–Kier alpha value is -1.62. The SMILES string of the molecule is N#Cc1c(C(F)F)cnc([N+](=O)[O-])c1Br. The molecule has 0 aromatic carbocycles. The van der Waals surface area contributed by atoms with Crippen molar-refractivity contribution in [2.24, 2.45) is 0 Å². The normalized spacial score (nSPS) is 10.1. The summed E-state index contributed by atoms with van der Waals surface area (Å²) in [5.41, 5.74) is -1.10. The summed E-state index contributed by atoms with van der Waals surface area (Å²) < 4.78 is 24.4. The highest BCUT2D eigenvalue weighted by atomic mass is 79.9. The summed E-state index contributed by atoms with van der Waals surface area (Å²) in [5, 5.41) is 19.0. The Balaban J connectivity index is 3.48. The smallest absolute Gasteiger partial charge is 0.358 e. The molecule has 1 aromatic rings. The highest BCUT2D eigenvalue weighted by Gasteiger charge is 2.25. The molecule has 0 atom stereocenters.